The highest BCUT2D eigenvalue weighted by molar-refractivity contribution is 9.10. The summed E-state index contributed by atoms with van der Waals surface area (Å²) in [5.41, 5.74) is 5.42. The summed E-state index contributed by atoms with van der Waals surface area (Å²) in [7, 11) is 2.04. The number of nitrogens with zero attached hydrogens (tertiary/aromatic N) is 4. The predicted octanol–water partition coefficient (Wildman–Crippen LogP) is 6.28. The van der Waals surface area contributed by atoms with E-state index in [9.17, 15) is 0 Å². The molecule has 2 aliphatic heterocycles. The Bertz CT molecular complexity index is 1350. The van der Waals surface area contributed by atoms with Gasteiger partial charge in [0.15, 0.2) is 0 Å². The van der Waals surface area contributed by atoms with Crippen molar-refractivity contribution < 1.29 is 4.74 Å². The van der Waals surface area contributed by atoms with E-state index in [0.717, 1.165) is 44.1 Å². The van der Waals surface area contributed by atoms with Crippen molar-refractivity contribution in [2.75, 3.05) is 11.9 Å². The van der Waals surface area contributed by atoms with Crippen LogP contribution in [0.2, 0.25) is 5.02 Å². The van der Waals surface area contributed by atoms with Gasteiger partial charge in [-0.05, 0) is 47.5 Å². The molecule has 0 bridgehead atoms. The van der Waals surface area contributed by atoms with Gasteiger partial charge in [-0.15, -0.1) is 0 Å². The van der Waals surface area contributed by atoms with Crippen LogP contribution in [0.5, 0.6) is 5.75 Å². The number of hydrogen-bond acceptors (Lipinski definition) is 4. The number of ether oxygens (including phenoxy) is 1. The van der Waals surface area contributed by atoms with Gasteiger partial charge in [-0.3, -0.25) is 0 Å². The first kappa shape index (κ1) is 19.6. The Hall–Kier alpha value is -3.09. The SMILES string of the molecule is CN1C2=C([C@H](c3ccc(Br)cc3)n3ncnc31)[C@@H](c1ccc(Cl)cc1)Oc1ccccc12. The molecule has 1 aromatic heterocycles. The molecular weight excluding hydrogens is 488 g/mol. The summed E-state index contributed by atoms with van der Waals surface area (Å²) in [5.74, 6) is 1.64. The second kappa shape index (κ2) is 7.50. The third-order valence-electron chi connectivity index (χ3n) is 6.03. The number of benzene rings is 3. The molecule has 0 N–H and O–H groups in total. The Labute approximate surface area is 199 Å². The van der Waals surface area contributed by atoms with Crippen LogP contribution in [0.4, 0.5) is 5.95 Å². The van der Waals surface area contributed by atoms with Crippen molar-refractivity contribution in [1.82, 2.24) is 14.8 Å². The Morgan fingerprint density at radius 3 is 2.44 bits per heavy atom. The van der Waals surface area contributed by atoms with E-state index in [-0.39, 0.29) is 12.1 Å². The molecular formula is C25H18BrClN4O. The molecule has 3 heterocycles. The molecule has 0 amide bonds. The largest absolute Gasteiger partial charge is 0.480 e. The lowest BCUT2D eigenvalue weighted by molar-refractivity contribution is 0.222. The fourth-order valence-corrected chi connectivity index (χ4v) is 5.02. The van der Waals surface area contributed by atoms with E-state index in [2.05, 4.69) is 61.2 Å². The first-order chi connectivity index (χ1) is 15.6. The van der Waals surface area contributed by atoms with Crippen LogP contribution in [0.25, 0.3) is 5.70 Å². The standard InChI is InChI=1S/C25H18BrClN4O/c1-30-23-19-4-2-3-5-20(19)32-24(16-8-12-18(27)13-9-16)21(23)22(31-25(30)28-14-29-31)15-6-10-17(26)11-7-15/h2-14,22,24H,1H3/t22-,24+/m0/s1. The van der Waals surface area contributed by atoms with Gasteiger partial charge >= 0.3 is 0 Å². The average Bonchev–Trinajstić information content (AvgIpc) is 3.30. The molecule has 3 aromatic carbocycles. The fraction of sp³-hybridized carbons (Fsp3) is 0.120. The number of halogens is 2. The highest BCUT2D eigenvalue weighted by atomic mass is 79.9. The summed E-state index contributed by atoms with van der Waals surface area (Å²) < 4.78 is 9.65. The smallest absolute Gasteiger partial charge is 0.229 e. The summed E-state index contributed by atoms with van der Waals surface area (Å²) in [6.45, 7) is 0. The molecule has 2 aliphatic rings. The lowest BCUT2D eigenvalue weighted by Gasteiger charge is -2.42. The van der Waals surface area contributed by atoms with Crippen LogP contribution >= 0.6 is 27.5 Å². The van der Waals surface area contributed by atoms with Gasteiger partial charge in [0.05, 0.1) is 5.70 Å². The Balaban J connectivity index is 1.65. The van der Waals surface area contributed by atoms with Gasteiger partial charge in [-0.25, -0.2) is 4.68 Å². The predicted molar refractivity (Wildman–Crippen MR) is 129 cm³/mol. The zero-order valence-electron chi connectivity index (χ0n) is 17.1. The number of para-hydroxylation sites is 1. The lowest BCUT2D eigenvalue weighted by Crippen LogP contribution is -2.37. The van der Waals surface area contributed by atoms with E-state index in [0.29, 0.717) is 5.02 Å². The molecule has 2 atom stereocenters. The molecule has 0 saturated carbocycles. The van der Waals surface area contributed by atoms with Crippen LogP contribution in [0.15, 0.2) is 89.2 Å². The molecule has 32 heavy (non-hydrogen) atoms. The van der Waals surface area contributed by atoms with Crippen LogP contribution in [-0.4, -0.2) is 21.8 Å². The second-order valence-corrected chi connectivity index (χ2v) is 9.22. The summed E-state index contributed by atoms with van der Waals surface area (Å²) in [4.78, 5) is 6.69. The lowest BCUT2D eigenvalue weighted by atomic mass is 9.84. The van der Waals surface area contributed by atoms with E-state index in [4.69, 9.17) is 16.3 Å². The topological polar surface area (TPSA) is 43.2 Å². The fourth-order valence-electron chi connectivity index (χ4n) is 4.63. The number of aromatic nitrogens is 3. The van der Waals surface area contributed by atoms with E-state index in [1.165, 1.54) is 0 Å². The van der Waals surface area contributed by atoms with Gasteiger partial charge in [-0.2, -0.15) is 10.1 Å². The zero-order valence-corrected chi connectivity index (χ0v) is 19.5. The van der Waals surface area contributed by atoms with Crippen LogP contribution in [0.1, 0.15) is 28.8 Å². The molecule has 0 spiro atoms. The first-order valence-electron chi connectivity index (χ1n) is 10.3. The monoisotopic (exact) mass is 504 g/mol. The number of anilines is 1. The molecule has 0 aliphatic carbocycles. The molecule has 0 saturated heterocycles. The number of rotatable bonds is 2. The summed E-state index contributed by atoms with van der Waals surface area (Å²) in [6, 6.07) is 24.2. The first-order valence-corrected chi connectivity index (χ1v) is 11.4. The van der Waals surface area contributed by atoms with Crippen LogP contribution in [0.3, 0.4) is 0 Å². The van der Waals surface area contributed by atoms with Crippen molar-refractivity contribution in [3.8, 4) is 5.75 Å². The highest BCUT2D eigenvalue weighted by Gasteiger charge is 2.42. The molecule has 7 heteroatoms. The maximum absolute atomic E-state index is 6.64. The van der Waals surface area contributed by atoms with Crippen molar-refractivity contribution in [3.63, 3.8) is 0 Å². The van der Waals surface area contributed by atoms with Gasteiger partial charge in [0.2, 0.25) is 5.95 Å². The molecule has 0 radical (unpaired) electrons. The summed E-state index contributed by atoms with van der Waals surface area (Å²) in [5, 5.41) is 5.32. The minimum absolute atomic E-state index is 0.166. The quantitative estimate of drug-likeness (QED) is 0.322. The summed E-state index contributed by atoms with van der Waals surface area (Å²) >= 11 is 9.75. The van der Waals surface area contributed by atoms with Crippen LogP contribution in [-0.2, 0) is 0 Å². The third-order valence-corrected chi connectivity index (χ3v) is 6.81. The van der Waals surface area contributed by atoms with Gasteiger partial charge < -0.3 is 9.64 Å². The Morgan fingerprint density at radius 2 is 1.66 bits per heavy atom. The van der Waals surface area contributed by atoms with Crippen LogP contribution < -0.4 is 9.64 Å². The van der Waals surface area contributed by atoms with Gasteiger partial charge in [0.25, 0.3) is 0 Å². The maximum atomic E-state index is 6.64. The van der Waals surface area contributed by atoms with E-state index < -0.39 is 0 Å². The Kier molecular flexibility index (Phi) is 4.59. The van der Waals surface area contributed by atoms with Crippen molar-refractivity contribution in [3.05, 3.63) is 111 Å². The minimum Gasteiger partial charge on any atom is -0.480 e. The summed E-state index contributed by atoms with van der Waals surface area (Å²) in [6.07, 6.45) is 1.31. The van der Waals surface area contributed by atoms with E-state index in [1.807, 2.05) is 54.2 Å². The minimum atomic E-state index is -0.300. The average molecular weight is 506 g/mol. The van der Waals surface area contributed by atoms with Crippen molar-refractivity contribution >= 4 is 39.2 Å². The zero-order chi connectivity index (χ0) is 21.8. The number of hydrogen-bond donors (Lipinski definition) is 0. The van der Waals surface area contributed by atoms with E-state index in [1.54, 1.807) is 6.33 Å². The third kappa shape index (κ3) is 2.98. The van der Waals surface area contributed by atoms with Crippen molar-refractivity contribution in [2.24, 2.45) is 0 Å². The van der Waals surface area contributed by atoms with Crippen LogP contribution in [0, 0.1) is 0 Å². The van der Waals surface area contributed by atoms with Gasteiger partial charge in [-0.1, -0.05) is 63.9 Å². The van der Waals surface area contributed by atoms with Gasteiger partial charge in [0.1, 0.15) is 24.2 Å². The highest BCUT2D eigenvalue weighted by Crippen LogP contribution is 2.52. The molecule has 0 unspecified atom stereocenters. The molecule has 158 valence electrons. The number of fused-ring (bicyclic) bond motifs is 3. The van der Waals surface area contributed by atoms with Crippen molar-refractivity contribution in [1.29, 1.82) is 0 Å². The Morgan fingerprint density at radius 1 is 0.938 bits per heavy atom. The molecule has 5 nitrogen and oxygen atoms in total. The normalized spacial score (nSPS) is 19.2. The maximum Gasteiger partial charge on any atom is 0.229 e. The molecule has 4 aromatic rings. The molecule has 0 fully saturated rings. The van der Waals surface area contributed by atoms with Crippen molar-refractivity contribution in [2.45, 2.75) is 12.1 Å². The molecule has 6 rings (SSSR count). The second-order valence-electron chi connectivity index (χ2n) is 7.87. The van der Waals surface area contributed by atoms with E-state index >= 15 is 0 Å². The van der Waals surface area contributed by atoms with Gasteiger partial charge in [0, 0.05) is 27.7 Å².